The largest absolute Gasteiger partial charge is 0.369 e. The van der Waals surface area contributed by atoms with Crippen molar-refractivity contribution in [2.75, 3.05) is 25.0 Å². The highest BCUT2D eigenvalue weighted by atomic mass is 35.5. The number of rotatable bonds is 3. The van der Waals surface area contributed by atoms with Gasteiger partial charge in [0.15, 0.2) is 0 Å². The Bertz CT molecular complexity index is 448. The lowest BCUT2D eigenvalue weighted by molar-refractivity contribution is -0.0750. The maximum absolute atomic E-state index is 6.43. The molecule has 1 fully saturated rings. The Kier molecular flexibility index (Phi) is 4.39. The molecule has 19 heavy (non-hydrogen) atoms. The molecule has 1 saturated heterocycles. The minimum Gasteiger partial charge on any atom is -0.369 e. The summed E-state index contributed by atoms with van der Waals surface area (Å²) in [6, 6.07) is 6.10. The fourth-order valence-corrected chi connectivity index (χ4v) is 3.18. The standard InChI is InChI=1S/C15H23ClN2O/c1-11-9-18(10-15(2,3)19-11)14-12(8-17-4)6-5-7-13(14)16/h5-7,11,17H,8-10H2,1-4H3. The molecule has 0 aliphatic carbocycles. The number of para-hydroxylation sites is 1. The second-order valence-electron chi connectivity index (χ2n) is 5.85. The van der Waals surface area contributed by atoms with Crippen LogP contribution in [0.4, 0.5) is 5.69 Å². The van der Waals surface area contributed by atoms with E-state index in [2.05, 4.69) is 37.1 Å². The van der Waals surface area contributed by atoms with E-state index >= 15 is 0 Å². The van der Waals surface area contributed by atoms with Crippen LogP contribution in [0.15, 0.2) is 18.2 Å². The number of ether oxygens (including phenoxy) is 1. The zero-order valence-electron chi connectivity index (χ0n) is 12.2. The van der Waals surface area contributed by atoms with Crippen LogP contribution in [-0.2, 0) is 11.3 Å². The molecule has 1 aliphatic rings. The number of morpholine rings is 1. The fourth-order valence-electron chi connectivity index (χ4n) is 2.87. The first-order valence-electron chi connectivity index (χ1n) is 6.78. The molecule has 1 N–H and O–H groups in total. The molecule has 1 aliphatic heterocycles. The van der Waals surface area contributed by atoms with E-state index in [1.165, 1.54) is 5.56 Å². The number of hydrogen-bond donors (Lipinski definition) is 1. The molecular formula is C15H23ClN2O. The Morgan fingerprint density at radius 1 is 1.47 bits per heavy atom. The number of nitrogens with one attached hydrogen (secondary N) is 1. The summed E-state index contributed by atoms with van der Waals surface area (Å²) in [5.74, 6) is 0. The molecule has 0 amide bonds. The lowest BCUT2D eigenvalue weighted by Gasteiger charge is -2.43. The molecule has 1 unspecified atom stereocenters. The van der Waals surface area contributed by atoms with Crippen LogP contribution in [0, 0.1) is 0 Å². The Hall–Kier alpha value is -0.770. The Labute approximate surface area is 120 Å². The van der Waals surface area contributed by atoms with Crippen molar-refractivity contribution in [3.8, 4) is 0 Å². The normalized spacial score (nSPS) is 22.6. The first-order chi connectivity index (χ1) is 8.93. The summed E-state index contributed by atoms with van der Waals surface area (Å²) in [6.07, 6.45) is 0.211. The molecule has 0 spiro atoms. The average Bonchev–Trinajstić information content (AvgIpc) is 2.26. The van der Waals surface area contributed by atoms with E-state index < -0.39 is 0 Å². The SMILES string of the molecule is CNCc1cccc(Cl)c1N1CC(C)OC(C)(C)C1. The summed E-state index contributed by atoms with van der Waals surface area (Å²) in [5.41, 5.74) is 2.23. The molecule has 0 radical (unpaired) electrons. The third-order valence-corrected chi connectivity index (χ3v) is 3.63. The second-order valence-corrected chi connectivity index (χ2v) is 6.25. The van der Waals surface area contributed by atoms with Crippen molar-refractivity contribution in [3.05, 3.63) is 28.8 Å². The number of anilines is 1. The predicted molar refractivity (Wildman–Crippen MR) is 81.1 cm³/mol. The summed E-state index contributed by atoms with van der Waals surface area (Å²) in [4.78, 5) is 2.35. The van der Waals surface area contributed by atoms with Gasteiger partial charge in [-0.2, -0.15) is 0 Å². The first-order valence-corrected chi connectivity index (χ1v) is 7.15. The highest BCUT2D eigenvalue weighted by Gasteiger charge is 2.32. The van der Waals surface area contributed by atoms with Gasteiger partial charge in [-0.05, 0) is 39.4 Å². The van der Waals surface area contributed by atoms with Crippen molar-refractivity contribution < 1.29 is 4.74 Å². The van der Waals surface area contributed by atoms with Crippen molar-refractivity contribution in [1.82, 2.24) is 5.32 Å². The molecule has 0 saturated carbocycles. The highest BCUT2D eigenvalue weighted by Crippen LogP contribution is 2.34. The third-order valence-electron chi connectivity index (χ3n) is 3.32. The molecule has 2 rings (SSSR count). The maximum atomic E-state index is 6.43. The van der Waals surface area contributed by atoms with Crippen molar-refractivity contribution in [3.63, 3.8) is 0 Å². The molecule has 1 atom stereocenters. The van der Waals surface area contributed by atoms with Crippen molar-refractivity contribution in [1.29, 1.82) is 0 Å². The summed E-state index contributed by atoms with van der Waals surface area (Å²) in [6.45, 7) is 8.93. The molecule has 4 heteroatoms. The van der Waals surface area contributed by atoms with Crippen molar-refractivity contribution >= 4 is 17.3 Å². The summed E-state index contributed by atoms with van der Waals surface area (Å²) in [5, 5.41) is 4.02. The van der Waals surface area contributed by atoms with Gasteiger partial charge in [0.25, 0.3) is 0 Å². The zero-order chi connectivity index (χ0) is 14.0. The molecule has 1 heterocycles. The molecule has 1 aromatic carbocycles. The minimum atomic E-state index is -0.145. The van der Waals surface area contributed by atoms with Crippen LogP contribution in [0.5, 0.6) is 0 Å². The Morgan fingerprint density at radius 3 is 2.84 bits per heavy atom. The predicted octanol–water partition coefficient (Wildman–Crippen LogP) is 3.06. The number of halogens is 1. The van der Waals surface area contributed by atoms with Crippen LogP contribution < -0.4 is 10.2 Å². The van der Waals surface area contributed by atoms with Gasteiger partial charge in [-0.1, -0.05) is 23.7 Å². The van der Waals surface area contributed by atoms with Crippen molar-refractivity contribution in [2.45, 2.75) is 39.0 Å². The topological polar surface area (TPSA) is 24.5 Å². The Morgan fingerprint density at radius 2 is 2.21 bits per heavy atom. The van der Waals surface area contributed by atoms with E-state index in [4.69, 9.17) is 16.3 Å². The molecule has 106 valence electrons. The summed E-state index contributed by atoms with van der Waals surface area (Å²) in [7, 11) is 1.95. The van der Waals surface area contributed by atoms with Gasteiger partial charge < -0.3 is 15.0 Å². The lowest BCUT2D eigenvalue weighted by atomic mass is 10.0. The van der Waals surface area contributed by atoms with Gasteiger partial charge >= 0.3 is 0 Å². The van der Waals surface area contributed by atoms with E-state index in [-0.39, 0.29) is 11.7 Å². The summed E-state index contributed by atoms with van der Waals surface area (Å²) >= 11 is 6.43. The van der Waals surface area contributed by atoms with E-state index in [1.807, 2.05) is 19.2 Å². The molecule has 3 nitrogen and oxygen atoms in total. The monoisotopic (exact) mass is 282 g/mol. The number of nitrogens with zero attached hydrogens (tertiary/aromatic N) is 1. The number of hydrogen-bond acceptors (Lipinski definition) is 3. The van der Waals surface area contributed by atoms with Crippen LogP contribution in [0.2, 0.25) is 5.02 Å². The van der Waals surface area contributed by atoms with Crippen molar-refractivity contribution in [2.24, 2.45) is 0 Å². The van der Waals surface area contributed by atoms with E-state index in [1.54, 1.807) is 0 Å². The first kappa shape index (κ1) is 14.6. The van der Waals surface area contributed by atoms with Crippen LogP contribution in [-0.4, -0.2) is 31.8 Å². The zero-order valence-corrected chi connectivity index (χ0v) is 12.9. The third kappa shape index (κ3) is 3.41. The van der Waals surface area contributed by atoms with Gasteiger partial charge in [0, 0.05) is 19.6 Å². The smallest absolute Gasteiger partial charge is 0.0805 e. The van der Waals surface area contributed by atoms with Crippen LogP contribution in [0.3, 0.4) is 0 Å². The van der Waals surface area contributed by atoms with E-state index in [9.17, 15) is 0 Å². The minimum absolute atomic E-state index is 0.145. The van der Waals surface area contributed by atoms with Gasteiger partial charge in [0.2, 0.25) is 0 Å². The van der Waals surface area contributed by atoms with E-state index in [0.717, 1.165) is 30.3 Å². The van der Waals surface area contributed by atoms with E-state index in [0.29, 0.717) is 0 Å². The Balaban J connectivity index is 2.35. The second kappa shape index (κ2) is 5.70. The molecular weight excluding hydrogens is 260 g/mol. The van der Waals surface area contributed by atoms with Crippen LogP contribution in [0.1, 0.15) is 26.3 Å². The molecule has 0 aromatic heterocycles. The fraction of sp³-hybridized carbons (Fsp3) is 0.600. The van der Waals surface area contributed by atoms with Gasteiger partial charge in [0.05, 0.1) is 22.4 Å². The maximum Gasteiger partial charge on any atom is 0.0805 e. The summed E-state index contributed by atoms with van der Waals surface area (Å²) < 4.78 is 5.96. The molecule has 1 aromatic rings. The van der Waals surface area contributed by atoms with Gasteiger partial charge in [-0.15, -0.1) is 0 Å². The quantitative estimate of drug-likeness (QED) is 0.922. The molecule has 0 bridgehead atoms. The van der Waals surface area contributed by atoms with Gasteiger partial charge in [-0.3, -0.25) is 0 Å². The number of benzene rings is 1. The average molecular weight is 283 g/mol. The lowest BCUT2D eigenvalue weighted by Crippen LogP contribution is -2.52. The van der Waals surface area contributed by atoms with Crippen LogP contribution in [0.25, 0.3) is 0 Å². The van der Waals surface area contributed by atoms with Gasteiger partial charge in [0.1, 0.15) is 0 Å². The highest BCUT2D eigenvalue weighted by molar-refractivity contribution is 6.33. The van der Waals surface area contributed by atoms with Gasteiger partial charge in [-0.25, -0.2) is 0 Å². The van der Waals surface area contributed by atoms with Crippen LogP contribution >= 0.6 is 11.6 Å².